The Labute approximate surface area is 95.3 Å². The average molecular weight is 420 g/mol. The molecule has 0 atom stereocenters. The summed E-state index contributed by atoms with van der Waals surface area (Å²) < 4.78 is 4.27. The molecule has 3 nitrogen and oxygen atoms in total. The molecule has 0 aliphatic carbocycles. The topological polar surface area (TPSA) is 52.3 Å². The summed E-state index contributed by atoms with van der Waals surface area (Å²) in [5.41, 5.74) is 5.58. The van der Waals surface area contributed by atoms with Crippen molar-refractivity contribution in [2.24, 2.45) is 5.73 Å². The van der Waals surface area contributed by atoms with Crippen molar-refractivity contribution < 1.29 is 19.0 Å². The molecule has 0 aromatic rings. The number of hydrogen-bond acceptors (Lipinski definition) is 3. The van der Waals surface area contributed by atoms with Gasteiger partial charge in [-0.25, -0.2) is 4.79 Å². The van der Waals surface area contributed by atoms with Gasteiger partial charge in [-0.1, -0.05) is 0 Å². The van der Waals surface area contributed by atoms with Crippen LogP contribution in [-0.2, 0) is 19.0 Å². The van der Waals surface area contributed by atoms with E-state index >= 15 is 0 Å². The van der Waals surface area contributed by atoms with Crippen molar-refractivity contribution in [2.75, 3.05) is 7.11 Å². The SMILES string of the molecule is COC(=O)C=C(C)N.[I][V][I]. The van der Waals surface area contributed by atoms with Crippen LogP contribution in [0.2, 0.25) is 0 Å². The summed E-state index contributed by atoms with van der Waals surface area (Å²) in [4.78, 5) is 10.2. The first-order valence-corrected chi connectivity index (χ1v) is 11.5. The molecule has 0 bridgehead atoms. The van der Waals surface area contributed by atoms with Crippen molar-refractivity contribution in [1.29, 1.82) is 0 Å². The van der Waals surface area contributed by atoms with Crippen molar-refractivity contribution in [3.63, 3.8) is 0 Å². The van der Waals surface area contributed by atoms with Crippen LogP contribution in [0.5, 0.6) is 0 Å². The van der Waals surface area contributed by atoms with Gasteiger partial charge in [0.15, 0.2) is 0 Å². The van der Waals surface area contributed by atoms with Crippen LogP contribution in [0, 0.1) is 0 Å². The maximum absolute atomic E-state index is 10.2. The first-order chi connectivity index (χ1) is 5.08. The zero-order chi connectivity index (χ0) is 9.28. The minimum absolute atomic E-state index is 0.412. The van der Waals surface area contributed by atoms with E-state index in [0.717, 1.165) is 0 Å². The Balaban J connectivity index is 0. The predicted octanol–water partition coefficient (Wildman–Crippen LogP) is 1.79. The molecule has 0 heterocycles. The number of allylic oxidation sites excluding steroid dienone is 1. The molecule has 2 N–H and O–H groups in total. The van der Waals surface area contributed by atoms with Gasteiger partial charge >= 0.3 is 55.4 Å². The second-order valence-electron chi connectivity index (χ2n) is 1.48. The van der Waals surface area contributed by atoms with Crippen LogP contribution in [0.15, 0.2) is 11.8 Å². The predicted molar refractivity (Wildman–Crippen MR) is 58.0 cm³/mol. The van der Waals surface area contributed by atoms with Crippen LogP contribution in [0.1, 0.15) is 6.92 Å². The number of rotatable bonds is 1. The molecule has 0 saturated carbocycles. The molecule has 11 heavy (non-hydrogen) atoms. The summed E-state index contributed by atoms with van der Waals surface area (Å²) >= 11 is 4.74. The van der Waals surface area contributed by atoms with E-state index in [1.807, 2.05) is 0 Å². The van der Waals surface area contributed by atoms with Crippen LogP contribution >= 0.6 is 40.0 Å². The third kappa shape index (κ3) is 18.2. The van der Waals surface area contributed by atoms with Crippen LogP contribution in [0.4, 0.5) is 0 Å². The van der Waals surface area contributed by atoms with E-state index in [-0.39, 0.29) is 0 Å². The third-order valence-corrected chi connectivity index (χ3v) is 0.547. The summed E-state index contributed by atoms with van der Waals surface area (Å²) in [6.07, 6.45) is 1.22. The molecular weight excluding hydrogens is 411 g/mol. The quantitative estimate of drug-likeness (QED) is 0.400. The van der Waals surface area contributed by atoms with Gasteiger partial charge in [-0.05, 0) is 6.92 Å². The van der Waals surface area contributed by atoms with E-state index < -0.39 is 5.97 Å². The van der Waals surface area contributed by atoms with Crippen LogP contribution in [-0.4, -0.2) is 13.1 Å². The van der Waals surface area contributed by atoms with E-state index in [9.17, 15) is 4.79 Å². The van der Waals surface area contributed by atoms with Crippen molar-refractivity contribution >= 4 is 45.9 Å². The number of halogens is 2. The van der Waals surface area contributed by atoms with Gasteiger partial charge in [0.2, 0.25) is 0 Å². The van der Waals surface area contributed by atoms with Crippen LogP contribution < -0.4 is 5.73 Å². The summed E-state index contributed by atoms with van der Waals surface area (Å²) in [6, 6.07) is 0. The van der Waals surface area contributed by atoms with Crippen molar-refractivity contribution in [1.82, 2.24) is 0 Å². The molecule has 0 aliphatic heterocycles. The molecule has 0 amide bonds. The number of hydrogen-bond donors (Lipinski definition) is 1. The molecule has 0 rings (SSSR count). The summed E-state index contributed by atoms with van der Waals surface area (Å²) in [5.74, 6) is -0.412. The molecular formula is C5H9I2NO2V. The van der Waals surface area contributed by atoms with Gasteiger partial charge in [0.25, 0.3) is 0 Å². The van der Waals surface area contributed by atoms with Gasteiger partial charge in [-0.15, -0.1) is 0 Å². The number of nitrogens with two attached hydrogens (primary N) is 1. The Hall–Kier alpha value is 1.05. The fourth-order valence-electron chi connectivity index (χ4n) is 0.245. The van der Waals surface area contributed by atoms with Crippen LogP contribution in [0.3, 0.4) is 0 Å². The summed E-state index contributed by atoms with van der Waals surface area (Å²) in [7, 11) is 1.93. The van der Waals surface area contributed by atoms with Crippen molar-refractivity contribution in [2.45, 2.75) is 6.92 Å². The number of carbonyl (C=O) groups is 1. The zero-order valence-corrected chi connectivity index (χ0v) is 11.9. The second-order valence-corrected chi connectivity index (χ2v) is 13.3. The average Bonchev–Trinajstić information content (AvgIpc) is 1.88. The molecule has 0 saturated heterocycles. The van der Waals surface area contributed by atoms with Crippen LogP contribution in [0.25, 0.3) is 0 Å². The van der Waals surface area contributed by atoms with Gasteiger partial charge < -0.3 is 10.5 Å². The monoisotopic (exact) mass is 420 g/mol. The van der Waals surface area contributed by atoms with E-state index in [4.69, 9.17) is 5.73 Å². The number of esters is 1. The van der Waals surface area contributed by atoms with Gasteiger partial charge in [0, 0.05) is 11.8 Å². The Bertz CT molecular complexity index is 136. The number of carbonyl (C=O) groups excluding carboxylic acids is 1. The van der Waals surface area contributed by atoms with Gasteiger partial charge in [0.05, 0.1) is 7.11 Å². The Morgan fingerprint density at radius 2 is 2.00 bits per heavy atom. The Kier molecular flexibility index (Phi) is 14.6. The Morgan fingerprint density at radius 3 is 2.09 bits per heavy atom. The standard InChI is InChI=1S/C5H9NO2.2HI.V/c1-4(6)3-5(7)8-2;;;/h3H,6H2,1-2H3;2*1H;/q;;;+2/p-2. The molecule has 65 valence electrons. The van der Waals surface area contributed by atoms with E-state index in [1.165, 1.54) is 13.2 Å². The van der Waals surface area contributed by atoms with Crippen molar-refractivity contribution in [3.8, 4) is 0 Å². The summed E-state index contributed by atoms with van der Waals surface area (Å²) in [6.45, 7) is 1.62. The Morgan fingerprint density at radius 1 is 1.64 bits per heavy atom. The molecule has 0 unspecified atom stereocenters. The second kappa shape index (κ2) is 11.1. The fraction of sp³-hybridized carbons (Fsp3) is 0.400. The molecule has 0 aliphatic rings. The molecule has 0 spiro atoms. The first-order valence-electron chi connectivity index (χ1n) is 2.52. The number of methoxy groups -OCH3 is 1. The molecule has 0 fully saturated rings. The molecule has 6 heteroatoms. The van der Waals surface area contributed by atoms with Crippen molar-refractivity contribution in [3.05, 3.63) is 11.8 Å². The molecule has 0 aromatic heterocycles. The molecule has 0 aromatic carbocycles. The number of ether oxygens (including phenoxy) is 1. The van der Waals surface area contributed by atoms with E-state index in [1.54, 1.807) is 6.92 Å². The van der Waals surface area contributed by atoms with Gasteiger partial charge in [-0.2, -0.15) is 0 Å². The van der Waals surface area contributed by atoms with Gasteiger partial charge in [-0.3, -0.25) is 0 Å². The normalized spacial score (nSPS) is 9.27. The summed E-state index contributed by atoms with van der Waals surface area (Å²) in [5, 5.41) is 0. The maximum atomic E-state index is 10.2. The zero-order valence-electron chi connectivity index (χ0n) is 6.17. The third-order valence-electron chi connectivity index (χ3n) is 0.547. The van der Waals surface area contributed by atoms with E-state index in [2.05, 4.69) is 44.7 Å². The fourth-order valence-corrected chi connectivity index (χ4v) is 0.245. The first kappa shape index (κ1) is 14.6. The van der Waals surface area contributed by atoms with E-state index in [0.29, 0.717) is 15.2 Å². The van der Waals surface area contributed by atoms with Gasteiger partial charge in [0.1, 0.15) is 0 Å². The minimum atomic E-state index is -0.412. The molecule has 0 radical (unpaired) electrons.